The minimum atomic E-state index is 0.387. The van der Waals surface area contributed by atoms with Crippen LogP contribution in [0.1, 0.15) is 23.2 Å². The number of nitriles is 1. The summed E-state index contributed by atoms with van der Waals surface area (Å²) in [6.07, 6.45) is 3.05. The van der Waals surface area contributed by atoms with E-state index < -0.39 is 0 Å². The molecule has 0 saturated carbocycles. The molecule has 2 aromatic rings. The van der Waals surface area contributed by atoms with Gasteiger partial charge in [-0.05, 0) is 55.2 Å². The Kier molecular flexibility index (Phi) is 3.26. The van der Waals surface area contributed by atoms with E-state index in [0.717, 1.165) is 30.7 Å². The number of hydrogen-bond acceptors (Lipinski definition) is 4. The smallest absolute Gasteiger partial charge is 0.237 e. The first-order valence-electron chi connectivity index (χ1n) is 6.55. The Morgan fingerprint density at radius 2 is 1.90 bits per heavy atom. The van der Waals surface area contributed by atoms with E-state index in [-0.39, 0.29) is 0 Å². The molecule has 1 aromatic carbocycles. The third kappa shape index (κ3) is 2.30. The number of hydrogen-bond donors (Lipinski definition) is 0. The largest absolute Gasteiger partial charge is 0.497 e. The molecule has 0 amide bonds. The van der Waals surface area contributed by atoms with Crippen LogP contribution in [-0.4, -0.2) is 12.1 Å². The molecule has 1 aliphatic carbocycles. The van der Waals surface area contributed by atoms with Gasteiger partial charge in [0.05, 0.1) is 7.11 Å². The maximum Gasteiger partial charge on any atom is 0.237 e. The molecule has 4 nitrogen and oxygen atoms in total. The Hall–Kier alpha value is -2.54. The lowest BCUT2D eigenvalue weighted by Gasteiger charge is -2.09. The number of methoxy groups -OCH3 is 1. The van der Waals surface area contributed by atoms with Crippen molar-refractivity contribution in [3.05, 3.63) is 47.2 Å². The lowest BCUT2D eigenvalue weighted by Crippen LogP contribution is -1.97. The van der Waals surface area contributed by atoms with E-state index in [0.29, 0.717) is 17.2 Å². The predicted molar refractivity (Wildman–Crippen MR) is 74.0 cm³/mol. The Morgan fingerprint density at radius 3 is 2.60 bits per heavy atom. The van der Waals surface area contributed by atoms with Crippen molar-refractivity contribution in [3.63, 3.8) is 0 Å². The van der Waals surface area contributed by atoms with Crippen molar-refractivity contribution < 1.29 is 9.47 Å². The van der Waals surface area contributed by atoms with Gasteiger partial charge in [-0.15, -0.1) is 0 Å². The van der Waals surface area contributed by atoms with Crippen LogP contribution in [-0.2, 0) is 12.8 Å². The number of rotatable bonds is 3. The number of benzene rings is 1. The summed E-state index contributed by atoms with van der Waals surface area (Å²) < 4.78 is 10.8. The monoisotopic (exact) mass is 266 g/mol. The highest BCUT2D eigenvalue weighted by Crippen LogP contribution is 2.29. The lowest BCUT2D eigenvalue weighted by atomic mass is 10.1. The van der Waals surface area contributed by atoms with Crippen molar-refractivity contribution in [1.82, 2.24) is 4.98 Å². The van der Waals surface area contributed by atoms with E-state index in [2.05, 4.69) is 11.1 Å². The van der Waals surface area contributed by atoms with Gasteiger partial charge in [-0.3, -0.25) is 0 Å². The van der Waals surface area contributed by atoms with E-state index in [1.807, 2.05) is 18.2 Å². The number of aryl methyl sites for hydroxylation is 2. The van der Waals surface area contributed by atoms with Gasteiger partial charge in [0.25, 0.3) is 0 Å². The summed E-state index contributed by atoms with van der Waals surface area (Å²) in [6.45, 7) is 0. The fraction of sp³-hybridized carbons (Fsp3) is 0.250. The van der Waals surface area contributed by atoms with E-state index in [1.54, 1.807) is 19.2 Å². The van der Waals surface area contributed by atoms with Crippen LogP contribution in [0.15, 0.2) is 30.3 Å². The second kappa shape index (κ2) is 5.22. The van der Waals surface area contributed by atoms with Gasteiger partial charge in [0.1, 0.15) is 23.1 Å². The van der Waals surface area contributed by atoms with Gasteiger partial charge >= 0.3 is 0 Å². The van der Waals surface area contributed by atoms with Crippen molar-refractivity contribution in [2.45, 2.75) is 19.3 Å². The summed E-state index contributed by atoms with van der Waals surface area (Å²) in [4.78, 5) is 4.49. The first kappa shape index (κ1) is 12.5. The Balaban J connectivity index is 1.91. The van der Waals surface area contributed by atoms with Crippen LogP contribution in [0.25, 0.3) is 0 Å². The Morgan fingerprint density at radius 1 is 1.15 bits per heavy atom. The summed E-state index contributed by atoms with van der Waals surface area (Å²) in [6, 6.07) is 11.3. The van der Waals surface area contributed by atoms with Crippen molar-refractivity contribution in [1.29, 1.82) is 5.26 Å². The van der Waals surface area contributed by atoms with Gasteiger partial charge < -0.3 is 9.47 Å². The zero-order valence-corrected chi connectivity index (χ0v) is 11.2. The highest BCUT2D eigenvalue weighted by molar-refractivity contribution is 5.46. The normalized spacial score (nSPS) is 12.6. The predicted octanol–water partition coefficient (Wildman–Crippen LogP) is 3.24. The number of fused-ring (bicyclic) bond motifs is 1. The Labute approximate surface area is 117 Å². The van der Waals surface area contributed by atoms with E-state index in [4.69, 9.17) is 9.47 Å². The minimum absolute atomic E-state index is 0.387. The summed E-state index contributed by atoms with van der Waals surface area (Å²) in [7, 11) is 1.62. The van der Waals surface area contributed by atoms with Crippen LogP contribution in [0.3, 0.4) is 0 Å². The quantitative estimate of drug-likeness (QED) is 0.855. The van der Waals surface area contributed by atoms with E-state index >= 15 is 0 Å². The zero-order chi connectivity index (χ0) is 13.9. The van der Waals surface area contributed by atoms with Crippen molar-refractivity contribution in [3.8, 4) is 23.4 Å². The third-order valence-corrected chi connectivity index (χ3v) is 3.41. The second-order valence-corrected chi connectivity index (χ2v) is 4.69. The van der Waals surface area contributed by atoms with Crippen molar-refractivity contribution in [2.75, 3.05) is 7.11 Å². The molecule has 1 aromatic heterocycles. The second-order valence-electron chi connectivity index (χ2n) is 4.69. The number of aromatic nitrogens is 1. The molecule has 0 fully saturated rings. The molecule has 0 bridgehead atoms. The topological polar surface area (TPSA) is 55.1 Å². The molecule has 0 saturated heterocycles. The van der Waals surface area contributed by atoms with Crippen LogP contribution in [0.4, 0.5) is 0 Å². The first-order valence-corrected chi connectivity index (χ1v) is 6.55. The fourth-order valence-electron chi connectivity index (χ4n) is 2.37. The standard InChI is InChI=1S/C16H14N2O2/c1-19-13-5-7-14(8-6-13)20-16-12(10-17)9-11-3-2-4-15(11)18-16/h5-9H,2-4H2,1H3. The summed E-state index contributed by atoms with van der Waals surface area (Å²) in [5.41, 5.74) is 2.71. The highest BCUT2D eigenvalue weighted by Gasteiger charge is 2.17. The number of pyridine rings is 1. The first-order chi connectivity index (χ1) is 9.80. The molecule has 100 valence electrons. The number of ether oxygens (including phenoxy) is 2. The highest BCUT2D eigenvalue weighted by atomic mass is 16.5. The van der Waals surface area contributed by atoms with E-state index in [9.17, 15) is 5.26 Å². The Bertz CT molecular complexity index is 672. The molecule has 1 heterocycles. The average molecular weight is 266 g/mol. The molecule has 3 rings (SSSR count). The molecular formula is C16H14N2O2. The molecule has 4 heteroatoms. The van der Waals surface area contributed by atoms with Crippen molar-refractivity contribution >= 4 is 0 Å². The number of nitrogens with zero attached hydrogens (tertiary/aromatic N) is 2. The molecule has 0 radical (unpaired) electrons. The fourth-order valence-corrected chi connectivity index (χ4v) is 2.37. The van der Waals surface area contributed by atoms with Gasteiger partial charge in [0.2, 0.25) is 5.88 Å². The molecular weight excluding hydrogens is 252 g/mol. The van der Waals surface area contributed by atoms with Crippen molar-refractivity contribution in [2.24, 2.45) is 0 Å². The van der Waals surface area contributed by atoms with E-state index in [1.165, 1.54) is 5.56 Å². The van der Waals surface area contributed by atoms with Gasteiger partial charge in [-0.25, -0.2) is 4.98 Å². The van der Waals surface area contributed by atoms with Crippen LogP contribution in [0, 0.1) is 11.3 Å². The summed E-state index contributed by atoms with van der Waals surface area (Å²) in [5.74, 6) is 1.80. The van der Waals surface area contributed by atoms with Gasteiger partial charge in [0, 0.05) is 5.69 Å². The summed E-state index contributed by atoms with van der Waals surface area (Å²) in [5, 5.41) is 9.22. The van der Waals surface area contributed by atoms with Gasteiger partial charge in [0.15, 0.2) is 0 Å². The molecule has 0 spiro atoms. The van der Waals surface area contributed by atoms with Crippen LogP contribution >= 0.6 is 0 Å². The molecule has 20 heavy (non-hydrogen) atoms. The molecule has 0 N–H and O–H groups in total. The molecule has 0 unspecified atom stereocenters. The maximum absolute atomic E-state index is 9.22. The van der Waals surface area contributed by atoms with Crippen LogP contribution < -0.4 is 9.47 Å². The zero-order valence-electron chi connectivity index (χ0n) is 11.2. The molecule has 0 aliphatic heterocycles. The lowest BCUT2D eigenvalue weighted by molar-refractivity contribution is 0.412. The van der Waals surface area contributed by atoms with Gasteiger partial charge in [-0.1, -0.05) is 0 Å². The van der Waals surface area contributed by atoms with Crippen LogP contribution in [0.2, 0.25) is 0 Å². The molecule has 0 atom stereocenters. The molecule has 1 aliphatic rings. The average Bonchev–Trinajstić information content (AvgIpc) is 2.94. The van der Waals surface area contributed by atoms with Crippen LogP contribution in [0.5, 0.6) is 17.4 Å². The summed E-state index contributed by atoms with van der Waals surface area (Å²) >= 11 is 0. The minimum Gasteiger partial charge on any atom is -0.497 e. The third-order valence-electron chi connectivity index (χ3n) is 3.41. The SMILES string of the molecule is COc1ccc(Oc2nc3c(cc2C#N)CCC3)cc1. The van der Waals surface area contributed by atoms with Gasteiger partial charge in [-0.2, -0.15) is 5.26 Å². The maximum atomic E-state index is 9.22.